The molecule has 0 heterocycles. The van der Waals surface area contributed by atoms with Crippen molar-refractivity contribution in [1.29, 1.82) is 5.26 Å². The van der Waals surface area contributed by atoms with Crippen molar-refractivity contribution in [1.82, 2.24) is 0 Å². The summed E-state index contributed by atoms with van der Waals surface area (Å²) in [7, 11) is -4.24. The fourth-order valence-corrected chi connectivity index (χ4v) is 0.197. The van der Waals surface area contributed by atoms with Crippen LogP contribution in [-0.4, -0.2) is 8.42 Å². The van der Waals surface area contributed by atoms with Crippen LogP contribution in [-0.2, 0) is 14.5 Å². The summed E-state index contributed by atoms with van der Waals surface area (Å²) >= 11 is 0. The lowest BCUT2D eigenvalue weighted by molar-refractivity contribution is 0.469. The first-order valence-electron chi connectivity index (χ1n) is 1.33. The Morgan fingerprint density at radius 2 is 2.25 bits per heavy atom. The molecule has 0 aliphatic carbocycles. The normalized spacial score (nSPS) is 8.75. The molecule has 42 valence electrons. The maximum atomic E-state index is 9.80. The highest BCUT2D eigenvalue weighted by Gasteiger charge is 2.13. The first-order chi connectivity index (χ1) is 3.62. The van der Waals surface area contributed by atoms with Gasteiger partial charge in [-0.2, -0.15) is 0 Å². The molecule has 0 spiro atoms. The average Bonchev–Trinajstić information content (AvgIpc) is 1.67. The van der Waals surface area contributed by atoms with Gasteiger partial charge in [0.05, 0.1) is 0 Å². The summed E-state index contributed by atoms with van der Waals surface area (Å²) in [6.07, 6.45) is 0.857. The van der Waals surface area contributed by atoms with E-state index >= 15 is 0 Å². The Morgan fingerprint density at radius 3 is 2.38 bits per heavy atom. The third kappa shape index (κ3) is 2.00. The van der Waals surface area contributed by atoms with Crippen LogP contribution in [0.15, 0.2) is 0 Å². The van der Waals surface area contributed by atoms with E-state index in [-0.39, 0.29) is 0 Å². The minimum atomic E-state index is -4.24. The van der Waals surface area contributed by atoms with E-state index in [1.54, 1.807) is 0 Å². The van der Waals surface area contributed by atoms with Crippen molar-refractivity contribution in [3.63, 3.8) is 0 Å². The highest BCUT2D eigenvalue weighted by atomic mass is 32.2. The smallest absolute Gasteiger partial charge is 0.241 e. The summed E-state index contributed by atoms with van der Waals surface area (Å²) < 4.78 is 24.9. The molecule has 0 radical (unpaired) electrons. The van der Waals surface area contributed by atoms with Crippen LogP contribution < -0.4 is 0 Å². The van der Waals surface area contributed by atoms with Crippen LogP contribution in [0.3, 0.4) is 0 Å². The Morgan fingerprint density at radius 1 is 1.75 bits per heavy atom. The van der Waals surface area contributed by atoms with Crippen molar-refractivity contribution < 1.29 is 12.6 Å². The van der Waals surface area contributed by atoms with E-state index in [2.05, 4.69) is 4.18 Å². The zero-order valence-corrected chi connectivity index (χ0v) is 4.34. The fourth-order valence-electron chi connectivity index (χ4n) is 0.0657. The van der Waals surface area contributed by atoms with Crippen molar-refractivity contribution in [3.8, 4) is 6.26 Å². The summed E-state index contributed by atoms with van der Waals surface area (Å²) in [4.78, 5) is 0. The molecule has 0 rings (SSSR count). The predicted octanol–water partition coefficient (Wildman–Crippen LogP) is -0.352. The van der Waals surface area contributed by atoms with Gasteiger partial charge in [0.2, 0.25) is 0 Å². The molecule has 0 N–H and O–H groups in total. The Labute approximate surface area is 46.2 Å². The highest BCUT2D eigenvalue weighted by molar-refractivity contribution is 7.88. The van der Waals surface area contributed by atoms with Crippen molar-refractivity contribution in [2.75, 3.05) is 0 Å². The molecule has 0 amide bonds. The van der Waals surface area contributed by atoms with Crippen LogP contribution in [0.25, 0.3) is 4.25 Å². The van der Waals surface area contributed by atoms with Crippen LogP contribution in [0, 0.1) is 18.1 Å². The first-order valence-corrected chi connectivity index (χ1v) is 2.70. The van der Waals surface area contributed by atoms with E-state index < -0.39 is 10.3 Å². The van der Waals surface area contributed by atoms with Crippen molar-refractivity contribution >= 4 is 10.3 Å². The molecule has 0 unspecified atom stereocenters. The number of nitrogens with zero attached hydrogens (tertiary/aromatic N) is 2. The second-order valence-electron chi connectivity index (χ2n) is 0.694. The lowest BCUT2D eigenvalue weighted by Gasteiger charge is -1.74. The van der Waals surface area contributed by atoms with Gasteiger partial charge in [0.25, 0.3) is 0 Å². The molecule has 6 heteroatoms. The minimum Gasteiger partial charge on any atom is -0.241 e. The minimum absolute atomic E-state index is 0.857. The van der Waals surface area contributed by atoms with E-state index in [9.17, 15) is 8.42 Å². The third-order valence-corrected chi connectivity index (χ3v) is 0.763. The molecule has 0 fully saturated rings. The van der Waals surface area contributed by atoms with Gasteiger partial charge in [0.15, 0.2) is 0 Å². The quantitative estimate of drug-likeness (QED) is 0.361. The highest BCUT2D eigenvalue weighted by Crippen LogP contribution is 1.89. The van der Waals surface area contributed by atoms with Crippen LogP contribution in [0.5, 0.6) is 0 Å². The van der Waals surface area contributed by atoms with Crippen molar-refractivity contribution in [2.24, 2.45) is 0 Å². The molecule has 0 saturated heterocycles. The van der Waals surface area contributed by atoms with Gasteiger partial charge in [0, 0.05) is 0 Å². The number of hydrogen-bond donors (Lipinski definition) is 0. The molecule has 0 bridgehead atoms. The maximum Gasteiger partial charge on any atom is 0.653 e. The van der Waals surface area contributed by atoms with Gasteiger partial charge < -0.3 is 0 Å². The number of nitriles is 1. The van der Waals surface area contributed by atoms with Crippen LogP contribution in [0.4, 0.5) is 0 Å². The van der Waals surface area contributed by atoms with Gasteiger partial charge in [-0.1, -0.05) is 0 Å². The number of rotatable bonds is 1. The summed E-state index contributed by atoms with van der Waals surface area (Å²) in [6.45, 7) is 5.87. The molecule has 0 saturated carbocycles. The summed E-state index contributed by atoms with van der Waals surface area (Å²) in [5, 5.41) is 7.54. The largest absolute Gasteiger partial charge is 0.653 e. The summed E-state index contributed by atoms with van der Waals surface area (Å²) in [6, 6.07) is 0. The zero-order valence-electron chi connectivity index (χ0n) is 3.53. The summed E-state index contributed by atoms with van der Waals surface area (Å²) in [5.74, 6) is 0. The molecule has 0 aromatic rings. The van der Waals surface area contributed by atoms with E-state index in [1.165, 1.54) is 0 Å². The molecule has 5 nitrogen and oxygen atoms in total. The second kappa shape index (κ2) is 2.15. The average molecular weight is 132 g/mol. The molecule has 0 atom stereocenters. The SMILES string of the molecule is [C-]#[N+]S(=O)(=O)OC#N. The van der Waals surface area contributed by atoms with Gasteiger partial charge in [-0.15, -0.1) is 17.9 Å². The third-order valence-electron chi connectivity index (χ3n) is 0.254. The Kier molecular flexibility index (Phi) is 1.80. The van der Waals surface area contributed by atoms with Gasteiger partial charge >= 0.3 is 16.6 Å². The van der Waals surface area contributed by atoms with Crippen molar-refractivity contribution in [3.05, 3.63) is 10.8 Å². The standard InChI is InChI=1S/C2N2O3S/c1-4-8(5,6)7-2-3. The fraction of sp³-hybridized carbons (Fsp3) is 0. The lowest BCUT2D eigenvalue weighted by atomic mass is 11.6. The monoisotopic (exact) mass is 132 g/mol. The van der Waals surface area contributed by atoms with E-state index in [0.717, 1.165) is 6.26 Å². The first kappa shape index (κ1) is 6.73. The Balaban J connectivity index is 4.31. The Hall–Kier alpha value is -1.27. The number of hydrogen-bond acceptors (Lipinski definition) is 4. The van der Waals surface area contributed by atoms with E-state index in [4.69, 9.17) is 11.8 Å². The van der Waals surface area contributed by atoms with Crippen LogP contribution in [0.2, 0.25) is 0 Å². The second-order valence-corrected chi connectivity index (χ2v) is 1.90. The van der Waals surface area contributed by atoms with E-state index in [1.807, 2.05) is 4.25 Å². The zero-order chi connectivity index (χ0) is 6.62. The summed E-state index contributed by atoms with van der Waals surface area (Å²) in [5.41, 5.74) is 0. The maximum absolute atomic E-state index is 9.80. The van der Waals surface area contributed by atoms with Gasteiger partial charge in [0.1, 0.15) is 0 Å². The van der Waals surface area contributed by atoms with Gasteiger partial charge in [-0.05, 0) is 0 Å². The van der Waals surface area contributed by atoms with Crippen molar-refractivity contribution in [2.45, 2.75) is 0 Å². The predicted molar refractivity (Wildman–Crippen MR) is 22.2 cm³/mol. The molecule has 0 aromatic heterocycles. The molecule has 0 aromatic carbocycles. The Bertz CT molecular complexity index is 239. The van der Waals surface area contributed by atoms with Crippen LogP contribution in [0.1, 0.15) is 0 Å². The molecular formula is C2N2O3S. The van der Waals surface area contributed by atoms with Crippen LogP contribution >= 0.6 is 0 Å². The topological polar surface area (TPSA) is 71.5 Å². The van der Waals surface area contributed by atoms with Gasteiger partial charge in [-0.3, -0.25) is 0 Å². The molecule has 0 aliphatic heterocycles. The lowest BCUT2D eigenvalue weighted by Crippen LogP contribution is -1.91. The molecule has 0 aliphatic rings. The van der Waals surface area contributed by atoms with Gasteiger partial charge in [-0.25, -0.2) is 10.8 Å². The molecule has 8 heavy (non-hydrogen) atoms. The van der Waals surface area contributed by atoms with E-state index in [0.29, 0.717) is 0 Å². The molecular weight excluding hydrogens is 132 g/mol.